The molecule has 2 saturated heterocycles. The molecule has 2 aromatic carbocycles. The van der Waals surface area contributed by atoms with E-state index < -0.39 is 16.1 Å². The van der Waals surface area contributed by atoms with E-state index in [2.05, 4.69) is 4.72 Å². The molecule has 1 amide bonds. The van der Waals surface area contributed by atoms with Gasteiger partial charge in [-0.1, -0.05) is 18.2 Å². The number of likely N-dealkylation sites (tertiary alicyclic amines) is 1. The Hall–Kier alpha value is -2.62. The van der Waals surface area contributed by atoms with Crippen LogP contribution in [0.5, 0.6) is 5.75 Å². The number of carbonyl (C=O) groups is 1. The zero-order valence-electron chi connectivity index (χ0n) is 18.9. The molecule has 3 aliphatic rings. The number of nitrogens with zero attached hydrogens (tertiary/aromatic N) is 1. The summed E-state index contributed by atoms with van der Waals surface area (Å²) in [6, 6.07) is 13.4. The summed E-state index contributed by atoms with van der Waals surface area (Å²) >= 11 is 0. The number of aliphatic hydroxyl groups is 1. The van der Waals surface area contributed by atoms with E-state index in [9.17, 15) is 18.3 Å². The van der Waals surface area contributed by atoms with Gasteiger partial charge in [-0.15, -0.1) is 0 Å². The number of fused-ring (bicyclic) bond motifs is 3. The summed E-state index contributed by atoms with van der Waals surface area (Å²) in [4.78, 5) is 14.9. The van der Waals surface area contributed by atoms with E-state index in [1.165, 1.54) is 0 Å². The normalized spacial score (nSPS) is 26.3. The third-order valence-electron chi connectivity index (χ3n) is 6.92. The molecule has 0 spiro atoms. The fraction of sp³-hybridized carbons (Fsp3) is 0.480. The SMILES string of the molecule is O=C(C[C@@H]1C[C@H]2c3cc(NS(=O)(=O)c4ccccc4)ccc3O[C@H]2[C@H](CO)O1)N1CCCCC1. The highest BCUT2D eigenvalue weighted by Gasteiger charge is 2.46. The van der Waals surface area contributed by atoms with Crippen molar-refractivity contribution in [1.29, 1.82) is 0 Å². The Labute approximate surface area is 199 Å². The van der Waals surface area contributed by atoms with Crippen LogP contribution in [0.15, 0.2) is 53.4 Å². The van der Waals surface area contributed by atoms with Gasteiger partial charge in [0.1, 0.15) is 18.0 Å². The van der Waals surface area contributed by atoms with Crippen molar-refractivity contribution in [3.8, 4) is 5.75 Å². The van der Waals surface area contributed by atoms with Gasteiger partial charge in [0.25, 0.3) is 10.0 Å². The molecule has 0 saturated carbocycles. The predicted molar refractivity (Wildman–Crippen MR) is 126 cm³/mol. The number of anilines is 1. The third-order valence-corrected chi connectivity index (χ3v) is 8.31. The Kier molecular flexibility index (Phi) is 6.50. The Morgan fingerprint density at radius 1 is 1.09 bits per heavy atom. The molecule has 2 N–H and O–H groups in total. The fourth-order valence-corrected chi connectivity index (χ4v) is 6.30. The minimum absolute atomic E-state index is 0.0864. The molecule has 3 heterocycles. The van der Waals surface area contributed by atoms with Crippen LogP contribution < -0.4 is 9.46 Å². The molecule has 182 valence electrons. The molecule has 0 aromatic heterocycles. The van der Waals surface area contributed by atoms with Crippen LogP contribution >= 0.6 is 0 Å². The highest BCUT2D eigenvalue weighted by molar-refractivity contribution is 7.92. The first-order valence-electron chi connectivity index (χ1n) is 11.9. The third kappa shape index (κ3) is 4.64. The summed E-state index contributed by atoms with van der Waals surface area (Å²) in [7, 11) is -3.72. The van der Waals surface area contributed by atoms with Crippen LogP contribution in [0.1, 0.15) is 43.6 Å². The van der Waals surface area contributed by atoms with Crippen molar-refractivity contribution in [1.82, 2.24) is 4.90 Å². The second kappa shape index (κ2) is 9.56. The number of piperidine rings is 1. The van der Waals surface area contributed by atoms with Crippen LogP contribution in [0, 0.1) is 0 Å². The van der Waals surface area contributed by atoms with Crippen molar-refractivity contribution in [2.45, 2.75) is 61.2 Å². The summed E-state index contributed by atoms with van der Waals surface area (Å²) in [6.45, 7) is 1.37. The van der Waals surface area contributed by atoms with Crippen LogP contribution in [0.25, 0.3) is 0 Å². The lowest BCUT2D eigenvalue weighted by molar-refractivity contribution is -0.149. The van der Waals surface area contributed by atoms with E-state index in [1.807, 2.05) is 4.90 Å². The van der Waals surface area contributed by atoms with Crippen LogP contribution in [0.3, 0.4) is 0 Å². The topological polar surface area (TPSA) is 105 Å². The smallest absolute Gasteiger partial charge is 0.261 e. The van der Waals surface area contributed by atoms with Crippen LogP contribution in [-0.4, -0.2) is 62.3 Å². The molecular formula is C25H30N2O6S. The first-order valence-corrected chi connectivity index (χ1v) is 13.4. The highest BCUT2D eigenvalue weighted by atomic mass is 32.2. The quantitative estimate of drug-likeness (QED) is 0.651. The van der Waals surface area contributed by atoms with Gasteiger partial charge in [-0.3, -0.25) is 9.52 Å². The van der Waals surface area contributed by atoms with E-state index in [4.69, 9.17) is 9.47 Å². The number of carbonyl (C=O) groups excluding carboxylic acids is 1. The molecule has 2 fully saturated rings. The number of rotatable bonds is 6. The second-order valence-corrected chi connectivity index (χ2v) is 10.9. The second-order valence-electron chi connectivity index (χ2n) is 9.22. The monoisotopic (exact) mass is 486 g/mol. The van der Waals surface area contributed by atoms with Crippen molar-refractivity contribution in [2.75, 3.05) is 24.4 Å². The van der Waals surface area contributed by atoms with Gasteiger partial charge in [0, 0.05) is 30.3 Å². The van der Waals surface area contributed by atoms with Crippen molar-refractivity contribution in [2.24, 2.45) is 0 Å². The maximum absolute atomic E-state index is 12.8. The Morgan fingerprint density at radius 3 is 2.59 bits per heavy atom. The number of benzene rings is 2. The molecule has 0 radical (unpaired) electrons. The van der Waals surface area contributed by atoms with E-state index in [0.29, 0.717) is 17.9 Å². The van der Waals surface area contributed by atoms with Gasteiger partial charge in [-0.25, -0.2) is 8.42 Å². The highest BCUT2D eigenvalue weighted by Crippen LogP contribution is 2.47. The largest absolute Gasteiger partial charge is 0.487 e. The van der Waals surface area contributed by atoms with Gasteiger partial charge >= 0.3 is 0 Å². The number of nitrogens with one attached hydrogen (secondary N) is 1. The van der Waals surface area contributed by atoms with E-state index >= 15 is 0 Å². The average molecular weight is 487 g/mol. The zero-order valence-corrected chi connectivity index (χ0v) is 19.7. The lowest BCUT2D eigenvalue weighted by Crippen LogP contribution is -2.48. The van der Waals surface area contributed by atoms with E-state index in [0.717, 1.165) is 37.9 Å². The number of sulfonamides is 1. The molecule has 2 aromatic rings. The first kappa shape index (κ1) is 23.1. The first-order chi connectivity index (χ1) is 16.4. The summed E-state index contributed by atoms with van der Waals surface area (Å²) in [5, 5.41) is 9.96. The van der Waals surface area contributed by atoms with Crippen molar-refractivity contribution < 1.29 is 27.8 Å². The Morgan fingerprint density at radius 2 is 1.85 bits per heavy atom. The summed E-state index contributed by atoms with van der Waals surface area (Å²) in [5.41, 5.74) is 1.32. The maximum Gasteiger partial charge on any atom is 0.261 e. The average Bonchev–Trinajstić information content (AvgIpc) is 3.22. The van der Waals surface area contributed by atoms with Gasteiger partial charge < -0.3 is 19.5 Å². The van der Waals surface area contributed by atoms with E-state index in [-0.39, 0.29) is 42.0 Å². The summed E-state index contributed by atoms with van der Waals surface area (Å²) in [5.74, 6) is 0.646. The molecule has 5 rings (SSSR count). The number of aliphatic hydroxyl groups excluding tert-OH is 1. The fourth-order valence-electron chi connectivity index (χ4n) is 5.23. The van der Waals surface area contributed by atoms with Gasteiger partial charge in [0.15, 0.2) is 0 Å². The number of ether oxygens (including phenoxy) is 2. The molecule has 8 nitrogen and oxygen atoms in total. The minimum atomic E-state index is -3.72. The van der Waals surface area contributed by atoms with Gasteiger partial charge in [-0.2, -0.15) is 0 Å². The number of amides is 1. The minimum Gasteiger partial charge on any atom is -0.487 e. The van der Waals surface area contributed by atoms with Crippen LogP contribution in [0.4, 0.5) is 5.69 Å². The zero-order chi connectivity index (χ0) is 23.7. The molecule has 0 aliphatic carbocycles. The molecule has 9 heteroatoms. The summed E-state index contributed by atoms with van der Waals surface area (Å²) < 4.78 is 40.4. The Bertz CT molecular complexity index is 1130. The predicted octanol–water partition coefficient (Wildman–Crippen LogP) is 2.88. The van der Waals surface area contributed by atoms with Crippen LogP contribution in [-0.2, 0) is 19.6 Å². The van der Waals surface area contributed by atoms with Gasteiger partial charge in [-0.05, 0) is 56.0 Å². The van der Waals surface area contributed by atoms with Crippen molar-refractivity contribution in [3.05, 3.63) is 54.1 Å². The lowest BCUT2D eigenvalue weighted by Gasteiger charge is -2.38. The molecule has 3 aliphatic heterocycles. The number of hydrogen-bond acceptors (Lipinski definition) is 6. The lowest BCUT2D eigenvalue weighted by atomic mass is 9.84. The van der Waals surface area contributed by atoms with E-state index in [1.54, 1.807) is 48.5 Å². The summed E-state index contributed by atoms with van der Waals surface area (Å²) in [6.07, 6.45) is 2.82. The van der Waals surface area contributed by atoms with Crippen molar-refractivity contribution in [3.63, 3.8) is 0 Å². The molecule has 0 bridgehead atoms. The van der Waals surface area contributed by atoms with Crippen molar-refractivity contribution >= 4 is 21.6 Å². The molecule has 34 heavy (non-hydrogen) atoms. The maximum atomic E-state index is 12.8. The molecule has 4 atom stereocenters. The van der Waals surface area contributed by atoms with Gasteiger partial charge in [0.05, 0.1) is 24.0 Å². The standard InChI is InChI=1S/C25H30N2O6S/c28-16-23-25-21(14-18(32-23)15-24(29)27-11-5-2-6-12-27)20-13-17(9-10-22(20)33-25)26-34(30,31)19-7-3-1-4-8-19/h1,3-4,7-10,13,18,21,23,25-26,28H,2,5-6,11-12,14-16H2/t18-,21-,23-,25+/m0/s1. The molecule has 0 unspecified atom stereocenters. The van der Waals surface area contributed by atoms with Gasteiger partial charge in [0.2, 0.25) is 5.91 Å². The molecular weight excluding hydrogens is 456 g/mol. The Balaban J connectivity index is 1.34. The number of hydrogen-bond donors (Lipinski definition) is 2. The van der Waals surface area contributed by atoms with Crippen LogP contribution in [0.2, 0.25) is 0 Å².